The molecule has 2 aromatic carbocycles. The Hall–Kier alpha value is -3.61. The first-order valence-corrected chi connectivity index (χ1v) is 8.75. The lowest BCUT2D eigenvalue weighted by Crippen LogP contribution is -2.17. The van der Waals surface area contributed by atoms with Gasteiger partial charge in [-0.15, -0.1) is 0 Å². The second kappa shape index (κ2) is 10.5. The van der Waals surface area contributed by atoms with E-state index in [0.29, 0.717) is 36.0 Å². The largest absolute Gasteiger partial charge is 0.490 e. The molecule has 0 saturated heterocycles. The van der Waals surface area contributed by atoms with Crippen LogP contribution in [0.25, 0.3) is 0 Å². The van der Waals surface area contributed by atoms with Crippen molar-refractivity contribution in [1.29, 1.82) is 0 Å². The third-order valence-corrected chi connectivity index (χ3v) is 3.47. The Bertz CT molecular complexity index is 860. The zero-order chi connectivity index (χ0) is 20.4. The lowest BCUT2D eigenvalue weighted by molar-refractivity contribution is -0.114. The Labute approximate surface area is 164 Å². The molecule has 0 saturated carbocycles. The van der Waals surface area contributed by atoms with E-state index < -0.39 is 0 Å². The van der Waals surface area contributed by atoms with Crippen LogP contribution in [0.3, 0.4) is 0 Å². The Morgan fingerprint density at radius 1 is 1.11 bits per heavy atom. The molecule has 0 aliphatic carbocycles. The summed E-state index contributed by atoms with van der Waals surface area (Å²) >= 11 is 0. The molecule has 0 heterocycles. The third-order valence-electron chi connectivity index (χ3n) is 3.47. The van der Waals surface area contributed by atoms with Crippen LogP contribution in [-0.2, 0) is 4.79 Å². The number of hydrogen-bond acceptors (Lipinski definition) is 5. The summed E-state index contributed by atoms with van der Waals surface area (Å²) in [7, 11) is 0. The van der Waals surface area contributed by atoms with Crippen LogP contribution in [0.1, 0.15) is 29.8 Å². The number of ether oxygens (including phenoxy) is 2. The number of nitrogens with one attached hydrogen (secondary N) is 2. The van der Waals surface area contributed by atoms with Gasteiger partial charge in [0.25, 0.3) is 5.91 Å². The fourth-order valence-electron chi connectivity index (χ4n) is 2.28. The highest BCUT2D eigenvalue weighted by molar-refractivity contribution is 5.96. The first-order valence-electron chi connectivity index (χ1n) is 8.75. The Kier molecular flexibility index (Phi) is 7.77. The van der Waals surface area contributed by atoms with Crippen molar-refractivity contribution in [3.05, 3.63) is 66.2 Å². The lowest BCUT2D eigenvalue weighted by Gasteiger charge is -2.11. The van der Waals surface area contributed by atoms with E-state index in [1.165, 1.54) is 13.1 Å². The van der Waals surface area contributed by atoms with Gasteiger partial charge in [0.2, 0.25) is 5.91 Å². The van der Waals surface area contributed by atoms with Crippen molar-refractivity contribution in [2.24, 2.45) is 5.10 Å². The zero-order valence-electron chi connectivity index (χ0n) is 15.9. The number of amides is 2. The van der Waals surface area contributed by atoms with Crippen molar-refractivity contribution in [3.63, 3.8) is 0 Å². The standard InChI is InChI=1S/C21H23N3O4/c1-4-12-28-19-11-6-16(13-20(19)27-5-2)14-22-24-21(26)17-7-9-18(10-8-17)23-15(3)25/h4,6-11,13-14H,1,5,12H2,2-3H3,(H,23,25)(H,24,26). The van der Waals surface area contributed by atoms with Crippen molar-refractivity contribution in [1.82, 2.24) is 5.43 Å². The molecule has 0 aromatic heterocycles. The first kappa shape index (κ1) is 20.7. The maximum atomic E-state index is 12.1. The average Bonchev–Trinajstić information content (AvgIpc) is 2.67. The van der Waals surface area contributed by atoms with Gasteiger partial charge in [-0.2, -0.15) is 5.10 Å². The Balaban J connectivity index is 2.00. The van der Waals surface area contributed by atoms with Crippen molar-refractivity contribution in [2.75, 3.05) is 18.5 Å². The predicted molar refractivity (Wildman–Crippen MR) is 109 cm³/mol. The minimum Gasteiger partial charge on any atom is -0.490 e. The van der Waals surface area contributed by atoms with Crippen LogP contribution >= 0.6 is 0 Å². The summed E-state index contributed by atoms with van der Waals surface area (Å²) in [5.41, 5.74) is 4.26. The molecule has 28 heavy (non-hydrogen) atoms. The van der Waals surface area contributed by atoms with Crippen LogP contribution in [0.2, 0.25) is 0 Å². The molecule has 0 atom stereocenters. The number of benzene rings is 2. The van der Waals surface area contributed by atoms with E-state index in [1.807, 2.05) is 6.92 Å². The molecule has 0 fully saturated rings. The van der Waals surface area contributed by atoms with Gasteiger partial charge in [0.15, 0.2) is 11.5 Å². The summed E-state index contributed by atoms with van der Waals surface area (Å²) < 4.78 is 11.1. The lowest BCUT2D eigenvalue weighted by atomic mass is 10.2. The van der Waals surface area contributed by atoms with Crippen LogP contribution < -0.4 is 20.2 Å². The molecule has 0 aliphatic rings. The number of nitrogens with zero attached hydrogens (tertiary/aromatic N) is 1. The fraction of sp³-hybridized carbons (Fsp3) is 0.190. The van der Waals surface area contributed by atoms with Crippen molar-refractivity contribution >= 4 is 23.7 Å². The Morgan fingerprint density at radius 2 is 1.86 bits per heavy atom. The van der Waals surface area contributed by atoms with Crippen LogP contribution in [0.4, 0.5) is 5.69 Å². The van der Waals surface area contributed by atoms with Gasteiger partial charge in [0, 0.05) is 18.2 Å². The van der Waals surface area contributed by atoms with Crippen LogP contribution in [0, 0.1) is 0 Å². The maximum Gasteiger partial charge on any atom is 0.271 e. The maximum absolute atomic E-state index is 12.1. The molecule has 146 valence electrons. The second-order valence-electron chi connectivity index (χ2n) is 5.70. The molecular weight excluding hydrogens is 358 g/mol. The van der Waals surface area contributed by atoms with Crippen LogP contribution in [-0.4, -0.2) is 31.2 Å². The van der Waals surface area contributed by atoms with Gasteiger partial charge in [-0.1, -0.05) is 12.7 Å². The number of carbonyl (C=O) groups is 2. The van der Waals surface area contributed by atoms with E-state index in [4.69, 9.17) is 9.47 Å². The number of carbonyl (C=O) groups excluding carboxylic acids is 2. The van der Waals surface area contributed by atoms with E-state index in [2.05, 4.69) is 22.4 Å². The number of rotatable bonds is 9. The quantitative estimate of drug-likeness (QED) is 0.396. The summed E-state index contributed by atoms with van der Waals surface area (Å²) in [4.78, 5) is 23.2. The van der Waals surface area contributed by atoms with Gasteiger partial charge >= 0.3 is 0 Å². The summed E-state index contributed by atoms with van der Waals surface area (Å²) in [6.07, 6.45) is 3.17. The van der Waals surface area contributed by atoms with E-state index in [0.717, 1.165) is 5.56 Å². The van der Waals surface area contributed by atoms with Crippen molar-refractivity contribution < 1.29 is 19.1 Å². The highest BCUT2D eigenvalue weighted by Crippen LogP contribution is 2.28. The fourth-order valence-corrected chi connectivity index (χ4v) is 2.28. The predicted octanol–water partition coefficient (Wildman–Crippen LogP) is 3.37. The van der Waals surface area contributed by atoms with Crippen LogP contribution in [0.5, 0.6) is 11.5 Å². The van der Waals surface area contributed by atoms with Gasteiger partial charge in [0.05, 0.1) is 12.8 Å². The molecule has 7 nitrogen and oxygen atoms in total. The summed E-state index contributed by atoms with van der Waals surface area (Å²) in [5, 5.41) is 6.62. The first-order chi connectivity index (χ1) is 13.5. The third kappa shape index (κ3) is 6.28. The monoisotopic (exact) mass is 381 g/mol. The summed E-state index contributed by atoms with van der Waals surface area (Å²) in [6, 6.07) is 11.9. The molecule has 2 aromatic rings. The summed E-state index contributed by atoms with van der Waals surface area (Å²) in [5.74, 6) is 0.672. The summed E-state index contributed by atoms with van der Waals surface area (Å²) in [6.45, 7) is 7.80. The van der Waals surface area contributed by atoms with Gasteiger partial charge in [-0.25, -0.2) is 5.43 Å². The number of hydrogen-bond donors (Lipinski definition) is 2. The molecule has 0 unspecified atom stereocenters. The minimum atomic E-state index is -0.360. The van der Waals surface area contributed by atoms with Crippen molar-refractivity contribution in [2.45, 2.75) is 13.8 Å². The SMILES string of the molecule is C=CCOc1ccc(C=NNC(=O)c2ccc(NC(C)=O)cc2)cc1OCC. The molecule has 2 rings (SSSR count). The molecular formula is C21H23N3O4. The highest BCUT2D eigenvalue weighted by atomic mass is 16.5. The smallest absolute Gasteiger partial charge is 0.271 e. The number of hydrazone groups is 1. The van der Waals surface area contributed by atoms with Gasteiger partial charge in [-0.3, -0.25) is 9.59 Å². The average molecular weight is 381 g/mol. The zero-order valence-corrected chi connectivity index (χ0v) is 15.9. The van der Waals surface area contributed by atoms with Crippen LogP contribution in [0.15, 0.2) is 60.2 Å². The van der Waals surface area contributed by atoms with E-state index in [9.17, 15) is 9.59 Å². The second-order valence-corrected chi connectivity index (χ2v) is 5.70. The van der Waals surface area contributed by atoms with E-state index in [-0.39, 0.29) is 11.8 Å². The molecule has 0 bridgehead atoms. The Morgan fingerprint density at radius 3 is 2.50 bits per heavy atom. The van der Waals surface area contributed by atoms with Gasteiger partial charge in [-0.05, 0) is 55.0 Å². The van der Waals surface area contributed by atoms with Crippen molar-refractivity contribution in [3.8, 4) is 11.5 Å². The van der Waals surface area contributed by atoms with Gasteiger partial charge < -0.3 is 14.8 Å². The van der Waals surface area contributed by atoms with E-state index in [1.54, 1.807) is 48.5 Å². The molecule has 2 amide bonds. The molecule has 0 radical (unpaired) electrons. The molecule has 0 spiro atoms. The number of anilines is 1. The molecule has 2 N–H and O–H groups in total. The topological polar surface area (TPSA) is 89.0 Å². The van der Waals surface area contributed by atoms with Gasteiger partial charge in [0.1, 0.15) is 6.61 Å². The van der Waals surface area contributed by atoms with E-state index >= 15 is 0 Å². The molecule has 7 heteroatoms. The minimum absolute atomic E-state index is 0.172. The highest BCUT2D eigenvalue weighted by Gasteiger charge is 2.07. The normalized spacial score (nSPS) is 10.4. The molecule has 0 aliphatic heterocycles.